The Labute approximate surface area is 79.6 Å². The molecular weight excluding hydrogens is 158 g/mol. The monoisotopic (exact) mass is 173 g/mol. The van der Waals surface area contributed by atoms with Gasteiger partial charge >= 0.3 is 0 Å². The predicted octanol–water partition coefficient (Wildman–Crippen LogP) is 2.91. The van der Waals surface area contributed by atoms with Gasteiger partial charge in [-0.25, -0.2) is 0 Å². The second-order valence-corrected chi connectivity index (χ2v) is 3.73. The van der Waals surface area contributed by atoms with Crippen LogP contribution in [0.5, 0.6) is 0 Å². The van der Waals surface area contributed by atoms with Gasteiger partial charge in [-0.2, -0.15) is 0 Å². The lowest BCUT2D eigenvalue weighted by molar-refractivity contribution is 0.849. The number of aliphatic imine (C=N–C) groups is 1. The second kappa shape index (κ2) is 3.73. The van der Waals surface area contributed by atoms with Crippen LogP contribution in [0.15, 0.2) is 41.4 Å². The van der Waals surface area contributed by atoms with Gasteiger partial charge in [-0.05, 0) is 36.8 Å². The van der Waals surface area contributed by atoms with Crippen LogP contribution in [-0.2, 0) is 0 Å². The summed E-state index contributed by atoms with van der Waals surface area (Å²) >= 11 is 0. The van der Waals surface area contributed by atoms with E-state index in [9.17, 15) is 0 Å². The van der Waals surface area contributed by atoms with Crippen molar-refractivity contribution in [3.8, 4) is 0 Å². The summed E-state index contributed by atoms with van der Waals surface area (Å²) in [4.78, 5) is 4.57. The van der Waals surface area contributed by atoms with Crippen molar-refractivity contribution >= 4 is 5.71 Å². The molecule has 2 aliphatic rings. The molecule has 1 nitrogen and oxygen atoms in total. The molecule has 0 aromatic carbocycles. The van der Waals surface area contributed by atoms with Gasteiger partial charge in [-0.1, -0.05) is 24.8 Å². The van der Waals surface area contributed by atoms with Crippen molar-refractivity contribution in [1.82, 2.24) is 0 Å². The van der Waals surface area contributed by atoms with Crippen LogP contribution in [0, 0.1) is 5.92 Å². The molecule has 1 saturated carbocycles. The van der Waals surface area contributed by atoms with Gasteiger partial charge in [-0.15, -0.1) is 0 Å². The van der Waals surface area contributed by atoms with E-state index in [0.717, 1.165) is 30.2 Å². The van der Waals surface area contributed by atoms with Crippen molar-refractivity contribution in [3.05, 3.63) is 36.5 Å². The highest BCUT2D eigenvalue weighted by Crippen LogP contribution is 2.29. The van der Waals surface area contributed by atoms with E-state index in [1.165, 1.54) is 12.8 Å². The Morgan fingerprint density at radius 1 is 1.31 bits per heavy atom. The number of hydrogen-bond acceptors (Lipinski definition) is 1. The highest BCUT2D eigenvalue weighted by molar-refractivity contribution is 6.10. The molecule has 0 spiro atoms. The molecule has 0 N–H and O–H groups in total. The summed E-state index contributed by atoms with van der Waals surface area (Å²) in [5.74, 6) is 0.862. The second-order valence-electron chi connectivity index (χ2n) is 3.73. The average molecular weight is 173 g/mol. The molecule has 2 rings (SSSR count). The number of rotatable bonds is 2. The van der Waals surface area contributed by atoms with E-state index < -0.39 is 0 Å². The van der Waals surface area contributed by atoms with Crippen molar-refractivity contribution in [1.29, 1.82) is 0 Å². The van der Waals surface area contributed by atoms with E-state index in [0.29, 0.717) is 0 Å². The van der Waals surface area contributed by atoms with Crippen molar-refractivity contribution in [3.63, 3.8) is 0 Å². The zero-order valence-electron chi connectivity index (χ0n) is 7.87. The van der Waals surface area contributed by atoms with Gasteiger partial charge < -0.3 is 0 Å². The van der Waals surface area contributed by atoms with Crippen LogP contribution in [0.3, 0.4) is 0 Å². The Bertz CT molecular complexity index is 290. The van der Waals surface area contributed by atoms with Crippen LogP contribution in [-0.4, -0.2) is 12.3 Å². The maximum absolute atomic E-state index is 4.57. The molecule has 0 unspecified atom stereocenters. The van der Waals surface area contributed by atoms with Crippen LogP contribution in [0.4, 0.5) is 0 Å². The van der Waals surface area contributed by atoms with Crippen molar-refractivity contribution in [2.45, 2.75) is 19.3 Å². The zero-order valence-corrected chi connectivity index (χ0v) is 7.87. The Hall–Kier alpha value is -1.11. The Morgan fingerprint density at radius 3 is 2.85 bits per heavy atom. The van der Waals surface area contributed by atoms with Gasteiger partial charge in [0.25, 0.3) is 0 Å². The topological polar surface area (TPSA) is 12.4 Å². The molecule has 0 bridgehead atoms. The van der Waals surface area contributed by atoms with Crippen molar-refractivity contribution in [2.24, 2.45) is 10.9 Å². The normalized spacial score (nSPS) is 25.2. The fourth-order valence-corrected chi connectivity index (χ4v) is 1.34. The van der Waals surface area contributed by atoms with Gasteiger partial charge in [0.2, 0.25) is 0 Å². The Morgan fingerprint density at radius 2 is 2.08 bits per heavy atom. The largest absolute Gasteiger partial charge is 0.284 e. The number of nitrogens with zero attached hydrogens (tertiary/aromatic N) is 1. The minimum Gasteiger partial charge on any atom is -0.284 e. The van der Waals surface area contributed by atoms with E-state index in [-0.39, 0.29) is 0 Å². The molecule has 0 radical (unpaired) electrons. The molecule has 0 aromatic heterocycles. The highest BCUT2D eigenvalue weighted by Gasteiger charge is 2.20. The highest BCUT2D eigenvalue weighted by atomic mass is 14.8. The fraction of sp³-hybridized carbons (Fsp3) is 0.417. The molecule has 0 atom stereocenters. The van der Waals surface area contributed by atoms with Gasteiger partial charge in [-0.3, -0.25) is 4.99 Å². The first-order valence-corrected chi connectivity index (χ1v) is 4.93. The van der Waals surface area contributed by atoms with Crippen molar-refractivity contribution < 1.29 is 0 Å². The minimum absolute atomic E-state index is 0.862. The smallest absolute Gasteiger partial charge is 0.0637 e. The Kier molecular flexibility index (Phi) is 2.44. The SMILES string of the molecule is C=C1C=CCC=CC1=NCC1CC1. The average Bonchev–Trinajstić information content (AvgIpc) is 2.90. The lowest BCUT2D eigenvalue weighted by Gasteiger charge is -1.98. The summed E-state index contributed by atoms with van der Waals surface area (Å²) < 4.78 is 0. The van der Waals surface area contributed by atoms with Gasteiger partial charge in [0.15, 0.2) is 0 Å². The first kappa shape index (κ1) is 8.49. The maximum atomic E-state index is 4.57. The molecule has 1 fully saturated rings. The third-order valence-electron chi connectivity index (χ3n) is 2.41. The summed E-state index contributed by atoms with van der Waals surface area (Å²) in [6.45, 7) is 4.98. The molecule has 1 heteroatoms. The third kappa shape index (κ3) is 2.41. The quantitative estimate of drug-likeness (QED) is 0.609. The van der Waals surface area contributed by atoms with E-state index in [4.69, 9.17) is 0 Å². The van der Waals surface area contributed by atoms with Crippen LogP contribution < -0.4 is 0 Å². The molecule has 2 aliphatic carbocycles. The Balaban J connectivity index is 2.05. The molecule has 0 heterocycles. The fourth-order valence-electron chi connectivity index (χ4n) is 1.34. The molecule has 0 aliphatic heterocycles. The van der Waals surface area contributed by atoms with Gasteiger partial charge in [0.05, 0.1) is 5.71 Å². The molecule has 68 valence electrons. The third-order valence-corrected chi connectivity index (χ3v) is 2.41. The van der Waals surface area contributed by atoms with E-state index in [1.54, 1.807) is 0 Å². The van der Waals surface area contributed by atoms with E-state index >= 15 is 0 Å². The number of hydrogen-bond donors (Lipinski definition) is 0. The lowest BCUT2D eigenvalue weighted by Crippen LogP contribution is -1.97. The van der Waals surface area contributed by atoms with Crippen LogP contribution in [0.2, 0.25) is 0 Å². The maximum Gasteiger partial charge on any atom is 0.0637 e. The van der Waals surface area contributed by atoms with Crippen molar-refractivity contribution in [2.75, 3.05) is 6.54 Å². The van der Waals surface area contributed by atoms with Crippen LogP contribution >= 0.6 is 0 Å². The molecule has 13 heavy (non-hydrogen) atoms. The number of allylic oxidation sites excluding steroid dienone is 5. The van der Waals surface area contributed by atoms with E-state index in [1.807, 2.05) is 0 Å². The summed E-state index contributed by atoms with van der Waals surface area (Å²) in [5, 5.41) is 0. The molecular formula is C12H15N. The van der Waals surface area contributed by atoms with Crippen LogP contribution in [0.1, 0.15) is 19.3 Å². The standard InChI is InChI=1S/C12H15N/c1-10-5-3-2-4-6-12(10)13-9-11-7-8-11/h3-6,11H,1-2,7-9H2. The summed E-state index contributed by atoms with van der Waals surface area (Å²) in [6, 6.07) is 0. The van der Waals surface area contributed by atoms with E-state index in [2.05, 4.69) is 35.9 Å². The predicted molar refractivity (Wildman–Crippen MR) is 57.1 cm³/mol. The summed E-state index contributed by atoms with van der Waals surface area (Å²) in [5.41, 5.74) is 2.12. The zero-order chi connectivity index (χ0) is 9.10. The summed E-state index contributed by atoms with van der Waals surface area (Å²) in [7, 11) is 0. The molecule has 0 saturated heterocycles. The lowest BCUT2D eigenvalue weighted by atomic mass is 10.2. The molecule has 0 amide bonds. The van der Waals surface area contributed by atoms with Gasteiger partial charge in [0.1, 0.15) is 0 Å². The first-order valence-electron chi connectivity index (χ1n) is 4.93. The summed E-state index contributed by atoms with van der Waals surface area (Å²) in [6.07, 6.45) is 12.1. The molecule has 0 aromatic rings. The van der Waals surface area contributed by atoms with Crippen LogP contribution in [0.25, 0.3) is 0 Å². The first-order chi connectivity index (χ1) is 6.36. The van der Waals surface area contributed by atoms with Gasteiger partial charge in [0, 0.05) is 6.54 Å². The minimum atomic E-state index is 0.862.